The monoisotopic (exact) mass is 345 g/mol. The molecular weight excluding hydrogens is 329 g/mol. The Balaban J connectivity index is 1.78. The third-order valence-electron chi connectivity index (χ3n) is 3.18. The second-order valence-corrected chi connectivity index (χ2v) is 5.12. The summed E-state index contributed by atoms with van der Waals surface area (Å²) in [6.07, 6.45) is 2.87. The van der Waals surface area contributed by atoms with Gasteiger partial charge in [0.25, 0.3) is 5.91 Å². The van der Waals surface area contributed by atoms with Crippen LogP contribution in [0.2, 0.25) is 0 Å². The van der Waals surface area contributed by atoms with Crippen molar-refractivity contribution in [2.24, 2.45) is 0 Å². The number of anilines is 1. The van der Waals surface area contributed by atoms with Gasteiger partial charge in [0.05, 0.1) is 12.1 Å². The fourth-order valence-corrected chi connectivity index (χ4v) is 1.85. The van der Waals surface area contributed by atoms with Crippen LogP contribution in [-0.2, 0) is 14.3 Å². The molecule has 1 heterocycles. The Morgan fingerprint density at radius 1 is 1.12 bits per heavy atom. The number of ether oxygens (including phenoxy) is 1. The summed E-state index contributed by atoms with van der Waals surface area (Å²) in [5, 5.41) is 2.53. The highest BCUT2D eigenvalue weighted by molar-refractivity contribution is 5.95. The molecule has 0 aliphatic carbocycles. The molecule has 0 radical (unpaired) electrons. The normalized spacial score (nSPS) is 10.0. The number of halogens is 1. The summed E-state index contributed by atoms with van der Waals surface area (Å²) in [6, 6.07) is 8.17. The lowest BCUT2D eigenvalue weighted by atomic mass is 10.3. The molecule has 8 heteroatoms. The first-order valence-electron chi connectivity index (χ1n) is 7.32. The summed E-state index contributed by atoms with van der Waals surface area (Å²) in [5.74, 6) is -2.05. The van der Waals surface area contributed by atoms with Crippen LogP contribution in [0.15, 0.2) is 48.8 Å². The van der Waals surface area contributed by atoms with Crippen molar-refractivity contribution in [3.8, 4) is 0 Å². The van der Waals surface area contributed by atoms with Crippen molar-refractivity contribution in [2.75, 3.05) is 25.5 Å². The van der Waals surface area contributed by atoms with Gasteiger partial charge in [-0.3, -0.25) is 14.6 Å². The number of nitrogens with zero attached hydrogens (tertiary/aromatic N) is 2. The molecule has 130 valence electrons. The van der Waals surface area contributed by atoms with Crippen molar-refractivity contribution in [3.05, 3.63) is 60.2 Å². The molecule has 2 amide bonds. The Hall–Kier alpha value is -3.29. The van der Waals surface area contributed by atoms with Gasteiger partial charge in [0, 0.05) is 25.1 Å². The third-order valence-corrected chi connectivity index (χ3v) is 3.18. The molecule has 7 nitrogen and oxygen atoms in total. The van der Waals surface area contributed by atoms with Gasteiger partial charge in [0.2, 0.25) is 5.91 Å². The van der Waals surface area contributed by atoms with Gasteiger partial charge in [-0.2, -0.15) is 0 Å². The molecule has 2 rings (SSSR count). The van der Waals surface area contributed by atoms with Crippen LogP contribution < -0.4 is 5.32 Å². The van der Waals surface area contributed by atoms with Crippen LogP contribution in [0.1, 0.15) is 10.4 Å². The van der Waals surface area contributed by atoms with E-state index in [1.165, 1.54) is 55.8 Å². The summed E-state index contributed by atoms with van der Waals surface area (Å²) in [5.41, 5.74) is 0.691. The Morgan fingerprint density at radius 2 is 1.76 bits per heavy atom. The molecule has 25 heavy (non-hydrogen) atoms. The minimum absolute atomic E-state index is 0.233. The summed E-state index contributed by atoms with van der Waals surface area (Å²) < 4.78 is 17.7. The van der Waals surface area contributed by atoms with E-state index in [9.17, 15) is 18.8 Å². The van der Waals surface area contributed by atoms with E-state index >= 15 is 0 Å². The predicted molar refractivity (Wildman–Crippen MR) is 87.2 cm³/mol. The molecule has 0 saturated heterocycles. The molecule has 0 unspecified atom stereocenters. The number of esters is 1. The molecule has 0 atom stereocenters. The maximum atomic E-state index is 12.8. The van der Waals surface area contributed by atoms with Crippen LogP contribution in [0.5, 0.6) is 0 Å². The van der Waals surface area contributed by atoms with Gasteiger partial charge in [-0.1, -0.05) is 0 Å². The van der Waals surface area contributed by atoms with Crippen molar-refractivity contribution < 1.29 is 23.5 Å². The minimum Gasteiger partial charge on any atom is -0.452 e. The van der Waals surface area contributed by atoms with Crippen molar-refractivity contribution >= 4 is 23.5 Å². The van der Waals surface area contributed by atoms with Crippen molar-refractivity contribution in [1.29, 1.82) is 0 Å². The predicted octanol–water partition coefficient (Wildman–Crippen LogP) is 1.47. The van der Waals surface area contributed by atoms with Crippen LogP contribution >= 0.6 is 0 Å². The largest absolute Gasteiger partial charge is 0.452 e. The second-order valence-electron chi connectivity index (χ2n) is 5.12. The number of likely N-dealkylation sites (N-methyl/N-ethyl adjacent to an activating group) is 1. The summed E-state index contributed by atoms with van der Waals surface area (Å²) >= 11 is 0. The van der Waals surface area contributed by atoms with Crippen LogP contribution in [0.25, 0.3) is 0 Å². The highest BCUT2D eigenvalue weighted by Crippen LogP contribution is 2.08. The fourth-order valence-electron chi connectivity index (χ4n) is 1.85. The van der Waals surface area contributed by atoms with Crippen LogP contribution in [0.3, 0.4) is 0 Å². The van der Waals surface area contributed by atoms with Crippen molar-refractivity contribution in [3.63, 3.8) is 0 Å². The third kappa shape index (κ3) is 5.69. The van der Waals surface area contributed by atoms with E-state index in [1.807, 2.05) is 0 Å². The van der Waals surface area contributed by atoms with E-state index in [1.54, 1.807) is 0 Å². The quantitative estimate of drug-likeness (QED) is 0.801. The molecular formula is C17H16FN3O4. The maximum absolute atomic E-state index is 12.8. The van der Waals surface area contributed by atoms with Crippen LogP contribution in [-0.4, -0.2) is 47.9 Å². The summed E-state index contributed by atoms with van der Waals surface area (Å²) in [6.45, 7) is -0.718. The molecule has 0 fully saturated rings. The lowest BCUT2D eigenvalue weighted by molar-refractivity contribution is -0.136. The Kier molecular flexibility index (Phi) is 6.16. The van der Waals surface area contributed by atoms with Gasteiger partial charge in [0.1, 0.15) is 5.82 Å². The van der Waals surface area contributed by atoms with Crippen LogP contribution in [0.4, 0.5) is 10.1 Å². The first kappa shape index (κ1) is 18.1. The van der Waals surface area contributed by atoms with Gasteiger partial charge in [-0.15, -0.1) is 0 Å². The number of pyridine rings is 1. The number of carbonyl (C=O) groups excluding carboxylic acids is 3. The van der Waals surface area contributed by atoms with Gasteiger partial charge in [0.15, 0.2) is 6.61 Å². The summed E-state index contributed by atoms with van der Waals surface area (Å²) in [4.78, 5) is 40.4. The Labute approximate surface area is 143 Å². The molecule has 0 spiro atoms. The maximum Gasteiger partial charge on any atom is 0.338 e. The fraction of sp³-hybridized carbons (Fsp3) is 0.176. The molecule has 0 aliphatic heterocycles. The van der Waals surface area contributed by atoms with Gasteiger partial charge in [-0.05, 0) is 36.4 Å². The van der Waals surface area contributed by atoms with Crippen molar-refractivity contribution in [1.82, 2.24) is 9.88 Å². The standard InChI is InChI=1S/C17H16FN3O4/c1-21(10-15(22)20-14-4-2-13(18)3-5-14)16(23)11-25-17(24)12-6-8-19-9-7-12/h2-9H,10-11H2,1H3,(H,20,22). The van der Waals surface area contributed by atoms with E-state index in [0.717, 1.165) is 4.90 Å². The van der Waals surface area contributed by atoms with E-state index < -0.39 is 30.2 Å². The van der Waals surface area contributed by atoms with E-state index in [2.05, 4.69) is 10.3 Å². The Bertz CT molecular complexity index is 750. The lowest BCUT2D eigenvalue weighted by Gasteiger charge is -2.16. The van der Waals surface area contributed by atoms with Gasteiger partial charge in [-0.25, -0.2) is 9.18 Å². The zero-order chi connectivity index (χ0) is 18.2. The smallest absolute Gasteiger partial charge is 0.338 e. The van der Waals surface area contributed by atoms with Crippen LogP contribution in [0, 0.1) is 5.82 Å². The number of hydrogen-bond acceptors (Lipinski definition) is 5. The average Bonchev–Trinajstić information content (AvgIpc) is 2.62. The van der Waals surface area contributed by atoms with Gasteiger partial charge >= 0.3 is 5.97 Å². The zero-order valence-electron chi connectivity index (χ0n) is 13.4. The number of hydrogen-bond donors (Lipinski definition) is 1. The number of amides is 2. The number of rotatable bonds is 6. The highest BCUT2D eigenvalue weighted by atomic mass is 19.1. The zero-order valence-corrected chi connectivity index (χ0v) is 13.4. The number of benzene rings is 1. The van der Waals surface area contributed by atoms with Gasteiger partial charge < -0.3 is 15.0 Å². The topological polar surface area (TPSA) is 88.6 Å². The molecule has 0 saturated carbocycles. The summed E-state index contributed by atoms with van der Waals surface area (Å²) in [7, 11) is 1.41. The Morgan fingerprint density at radius 3 is 2.40 bits per heavy atom. The first-order chi connectivity index (χ1) is 12.0. The first-order valence-corrected chi connectivity index (χ1v) is 7.32. The van der Waals surface area contributed by atoms with E-state index in [-0.39, 0.29) is 12.1 Å². The van der Waals surface area contributed by atoms with E-state index in [0.29, 0.717) is 5.69 Å². The molecule has 0 bridgehead atoms. The average molecular weight is 345 g/mol. The molecule has 1 aromatic heterocycles. The second kappa shape index (κ2) is 8.53. The molecule has 1 aromatic carbocycles. The molecule has 1 N–H and O–H groups in total. The van der Waals surface area contributed by atoms with E-state index in [4.69, 9.17) is 4.74 Å². The number of aromatic nitrogens is 1. The molecule has 0 aliphatic rings. The highest BCUT2D eigenvalue weighted by Gasteiger charge is 2.16. The SMILES string of the molecule is CN(CC(=O)Nc1ccc(F)cc1)C(=O)COC(=O)c1ccncc1. The minimum atomic E-state index is -0.653. The number of nitrogens with one attached hydrogen (secondary N) is 1. The lowest BCUT2D eigenvalue weighted by Crippen LogP contribution is -2.37. The number of carbonyl (C=O) groups is 3. The molecule has 2 aromatic rings. The van der Waals surface area contributed by atoms with Crippen molar-refractivity contribution in [2.45, 2.75) is 0 Å².